The van der Waals surface area contributed by atoms with Gasteiger partial charge in [0.15, 0.2) is 5.82 Å². The van der Waals surface area contributed by atoms with Gasteiger partial charge in [-0.3, -0.25) is 4.90 Å². The van der Waals surface area contributed by atoms with Crippen LogP contribution in [0.25, 0.3) is 0 Å². The molecule has 4 rings (SSSR count). The van der Waals surface area contributed by atoms with Gasteiger partial charge in [0, 0.05) is 45.0 Å². The fourth-order valence-corrected chi connectivity index (χ4v) is 6.02. The predicted octanol–water partition coefficient (Wildman–Crippen LogP) is 1.23. The molecule has 3 atom stereocenters. The number of para-hydroxylation sites is 1. The summed E-state index contributed by atoms with van der Waals surface area (Å²) in [6.07, 6.45) is -0.226. The smallest absolute Gasteiger partial charge is 0.282 e. The van der Waals surface area contributed by atoms with Gasteiger partial charge in [-0.15, -0.1) is 0 Å². The van der Waals surface area contributed by atoms with Crippen LogP contribution in [0.5, 0.6) is 0 Å². The van der Waals surface area contributed by atoms with Gasteiger partial charge in [-0.2, -0.15) is 32.0 Å². The number of aromatic nitrogens is 3. The van der Waals surface area contributed by atoms with Gasteiger partial charge in [0.1, 0.15) is 0 Å². The number of ether oxygens (including phenoxy) is 1. The van der Waals surface area contributed by atoms with Crippen LogP contribution in [-0.4, -0.2) is 88.4 Å². The Balaban J connectivity index is 1.40. The zero-order chi connectivity index (χ0) is 23.6. The SMILES string of the molecule is CC1CN(S(=O)(=O)N2CCN(C(C)c3nc(N)nc(Nc4ccccc4)n3)CC2)CC(C)O1. The second kappa shape index (κ2) is 9.85. The van der Waals surface area contributed by atoms with Crippen LogP contribution < -0.4 is 11.1 Å². The molecular weight excluding hydrogens is 444 g/mol. The second-order valence-electron chi connectivity index (χ2n) is 8.56. The predicted molar refractivity (Wildman–Crippen MR) is 126 cm³/mol. The van der Waals surface area contributed by atoms with Crippen LogP contribution in [-0.2, 0) is 14.9 Å². The minimum absolute atomic E-state index is 0.113. The molecule has 33 heavy (non-hydrogen) atoms. The summed E-state index contributed by atoms with van der Waals surface area (Å²) < 4.78 is 35.1. The molecular formula is C21H32N8O3S. The molecule has 0 saturated carbocycles. The fourth-order valence-electron chi connectivity index (χ4n) is 4.27. The molecule has 2 saturated heterocycles. The summed E-state index contributed by atoms with van der Waals surface area (Å²) in [5.74, 6) is 1.07. The number of hydrogen-bond donors (Lipinski definition) is 2. The van der Waals surface area contributed by atoms with Gasteiger partial charge >= 0.3 is 0 Å². The van der Waals surface area contributed by atoms with E-state index >= 15 is 0 Å². The number of nitrogen functional groups attached to an aromatic ring is 1. The van der Waals surface area contributed by atoms with Crippen molar-refractivity contribution in [2.24, 2.45) is 0 Å². The van der Waals surface area contributed by atoms with Crippen LogP contribution >= 0.6 is 0 Å². The highest BCUT2D eigenvalue weighted by atomic mass is 32.2. The van der Waals surface area contributed by atoms with Crippen molar-refractivity contribution < 1.29 is 13.2 Å². The summed E-state index contributed by atoms with van der Waals surface area (Å²) in [6, 6.07) is 9.46. The van der Waals surface area contributed by atoms with E-state index in [2.05, 4.69) is 25.2 Å². The van der Waals surface area contributed by atoms with E-state index in [0.717, 1.165) is 5.69 Å². The van der Waals surface area contributed by atoms with E-state index in [1.165, 1.54) is 0 Å². The van der Waals surface area contributed by atoms with Crippen molar-refractivity contribution in [2.45, 2.75) is 39.0 Å². The molecule has 2 aliphatic rings. The number of hydrogen-bond acceptors (Lipinski definition) is 9. The first-order valence-corrected chi connectivity index (χ1v) is 12.6. The number of benzene rings is 1. The zero-order valence-corrected chi connectivity index (χ0v) is 20.1. The highest BCUT2D eigenvalue weighted by Gasteiger charge is 2.37. The van der Waals surface area contributed by atoms with Crippen molar-refractivity contribution in [3.63, 3.8) is 0 Å². The molecule has 2 fully saturated rings. The van der Waals surface area contributed by atoms with Crippen molar-refractivity contribution >= 4 is 27.8 Å². The third kappa shape index (κ3) is 5.58. The summed E-state index contributed by atoms with van der Waals surface area (Å²) in [7, 11) is -3.52. The molecule has 2 aromatic rings. The summed E-state index contributed by atoms with van der Waals surface area (Å²) in [5, 5.41) is 3.15. The molecule has 1 aromatic heterocycles. The Kier molecular flexibility index (Phi) is 7.10. The average Bonchev–Trinajstić information content (AvgIpc) is 2.78. The van der Waals surface area contributed by atoms with E-state index in [4.69, 9.17) is 10.5 Å². The number of nitrogens with two attached hydrogens (primary N) is 1. The van der Waals surface area contributed by atoms with Crippen LogP contribution in [0.1, 0.15) is 32.6 Å². The Morgan fingerprint density at radius 2 is 1.64 bits per heavy atom. The maximum absolute atomic E-state index is 13.2. The van der Waals surface area contributed by atoms with Crippen molar-refractivity contribution in [1.29, 1.82) is 0 Å². The standard InChI is InChI=1S/C21H32N8O3S/c1-15-13-29(14-16(2)32-15)33(30,31)28-11-9-27(10-12-28)17(3)19-24-20(22)26-21(25-19)23-18-7-5-4-6-8-18/h4-8,15-17H,9-14H2,1-3H3,(H3,22,23,24,25,26). The first kappa shape index (κ1) is 23.8. The van der Waals surface area contributed by atoms with Gasteiger partial charge in [0.2, 0.25) is 11.9 Å². The molecule has 0 radical (unpaired) electrons. The van der Waals surface area contributed by atoms with Gasteiger partial charge in [-0.25, -0.2) is 0 Å². The topological polar surface area (TPSA) is 130 Å². The van der Waals surface area contributed by atoms with Crippen molar-refractivity contribution in [3.8, 4) is 0 Å². The quantitative estimate of drug-likeness (QED) is 0.632. The Bertz CT molecular complexity index is 1040. The molecule has 0 aliphatic carbocycles. The molecule has 0 bridgehead atoms. The lowest BCUT2D eigenvalue weighted by Crippen LogP contribution is -2.57. The Morgan fingerprint density at radius 1 is 1.00 bits per heavy atom. The highest BCUT2D eigenvalue weighted by Crippen LogP contribution is 2.24. The van der Waals surface area contributed by atoms with E-state index in [0.29, 0.717) is 51.0 Å². The molecule has 3 heterocycles. The molecule has 0 spiro atoms. The van der Waals surface area contributed by atoms with Crippen LogP contribution in [0.4, 0.5) is 17.6 Å². The zero-order valence-electron chi connectivity index (χ0n) is 19.3. The van der Waals surface area contributed by atoms with E-state index in [1.54, 1.807) is 8.61 Å². The molecule has 180 valence electrons. The summed E-state index contributed by atoms with van der Waals surface area (Å²) in [5.41, 5.74) is 6.79. The largest absolute Gasteiger partial charge is 0.373 e. The van der Waals surface area contributed by atoms with Crippen molar-refractivity contribution in [2.75, 3.05) is 50.3 Å². The lowest BCUT2D eigenvalue weighted by Gasteiger charge is -2.41. The van der Waals surface area contributed by atoms with E-state index in [-0.39, 0.29) is 24.2 Å². The van der Waals surface area contributed by atoms with Crippen molar-refractivity contribution in [1.82, 2.24) is 28.5 Å². The monoisotopic (exact) mass is 476 g/mol. The second-order valence-corrected chi connectivity index (χ2v) is 10.5. The third-order valence-electron chi connectivity index (χ3n) is 5.93. The number of rotatable bonds is 6. The molecule has 0 amide bonds. The lowest BCUT2D eigenvalue weighted by atomic mass is 10.2. The van der Waals surface area contributed by atoms with Crippen LogP contribution in [0.2, 0.25) is 0 Å². The average molecular weight is 477 g/mol. The van der Waals surface area contributed by atoms with E-state index < -0.39 is 10.2 Å². The normalized spacial score (nSPS) is 24.5. The number of nitrogens with zero attached hydrogens (tertiary/aromatic N) is 6. The first-order chi connectivity index (χ1) is 15.7. The van der Waals surface area contributed by atoms with Gasteiger partial charge in [-0.05, 0) is 32.9 Å². The van der Waals surface area contributed by atoms with E-state index in [1.807, 2.05) is 51.1 Å². The molecule has 12 heteroatoms. The van der Waals surface area contributed by atoms with Crippen LogP contribution in [0.3, 0.4) is 0 Å². The molecule has 3 unspecified atom stereocenters. The van der Waals surface area contributed by atoms with Gasteiger partial charge < -0.3 is 15.8 Å². The van der Waals surface area contributed by atoms with E-state index in [9.17, 15) is 8.42 Å². The maximum Gasteiger partial charge on any atom is 0.282 e. The number of anilines is 3. The Labute approximate surface area is 195 Å². The molecule has 2 aliphatic heterocycles. The van der Waals surface area contributed by atoms with Crippen molar-refractivity contribution in [3.05, 3.63) is 36.2 Å². The first-order valence-electron chi connectivity index (χ1n) is 11.2. The number of morpholine rings is 1. The molecule has 3 N–H and O–H groups in total. The number of piperazine rings is 1. The molecule has 11 nitrogen and oxygen atoms in total. The van der Waals surface area contributed by atoms with Gasteiger partial charge in [0.25, 0.3) is 10.2 Å². The third-order valence-corrected chi connectivity index (χ3v) is 7.90. The number of nitrogens with one attached hydrogen (secondary N) is 1. The van der Waals surface area contributed by atoms with Gasteiger partial charge in [-0.1, -0.05) is 18.2 Å². The van der Waals surface area contributed by atoms with Gasteiger partial charge in [0.05, 0.1) is 18.2 Å². The lowest BCUT2D eigenvalue weighted by molar-refractivity contribution is -0.0458. The minimum atomic E-state index is -3.52. The maximum atomic E-state index is 13.2. The van der Waals surface area contributed by atoms with Crippen LogP contribution in [0.15, 0.2) is 30.3 Å². The Hall–Kier alpha value is -2.38. The summed E-state index contributed by atoms with van der Waals surface area (Å²) >= 11 is 0. The minimum Gasteiger partial charge on any atom is -0.373 e. The Morgan fingerprint density at radius 3 is 2.27 bits per heavy atom. The summed E-state index contributed by atoms with van der Waals surface area (Å²) in [6.45, 7) is 8.51. The summed E-state index contributed by atoms with van der Waals surface area (Å²) in [4.78, 5) is 15.2. The highest BCUT2D eigenvalue weighted by molar-refractivity contribution is 7.86. The molecule has 1 aromatic carbocycles. The van der Waals surface area contributed by atoms with Crippen LogP contribution in [0, 0.1) is 0 Å². The fraction of sp³-hybridized carbons (Fsp3) is 0.571.